The molecular weight excluding hydrogens is 234 g/mol. The van der Waals surface area contributed by atoms with Gasteiger partial charge in [0.2, 0.25) is 0 Å². The highest BCUT2D eigenvalue weighted by Crippen LogP contribution is 2.11. The standard InChI is InChI=1S/C11H17N5O2/c1-8-9(5-14-15-12)16(7-13-8)6-10(17)18-11(2,3)4/h7H,5-6H2,1-4H3. The number of azide groups is 1. The number of hydrogen-bond acceptors (Lipinski definition) is 4. The summed E-state index contributed by atoms with van der Waals surface area (Å²) in [5, 5.41) is 3.49. The van der Waals surface area contributed by atoms with Crippen LogP contribution in [0.4, 0.5) is 0 Å². The van der Waals surface area contributed by atoms with Crippen molar-refractivity contribution in [2.75, 3.05) is 0 Å². The summed E-state index contributed by atoms with van der Waals surface area (Å²) in [6.07, 6.45) is 1.54. The molecule has 1 heterocycles. The van der Waals surface area contributed by atoms with E-state index < -0.39 is 5.60 Å². The summed E-state index contributed by atoms with van der Waals surface area (Å²) in [7, 11) is 0. The van der Waals surface area contributed by atoms with E-state index in [9.17, 15) is 4.79 Å². The molecule has 0 spiro atoms. The number of carbonyl (C=O) groups is 1. The second kappa shape index (κ2) is 5.55. The third-order valence-electron chi connectivity index (χ3n) is 2.16. The molecule has 0 amide bonds. The van der Waals surface area contributed by atoms with Crippen LogP contribution in [0.3, 0.4) is 0 Å². The molecular formula is C11H17N5O2. The van der Waals surface area contributed by atoms with E-state index in [1.54, 1.807) is 17.8 Å². The minimum atomic E-state index is -0.516. The lowest BCUT2D eigenvalue weighted by Gasteiger charge is -2.19. The van der Waals surface area contributed by atoms with Crippen LogP contribution in [-0.2, 0) is 22.6 Å². The van der Waals surface area contributed by atoms with Gasteiger partial charge in [0.25, 0.3) is 0 Å². The van der Waals surface area contributed by atoms with Crippen molar-refractivity contribution in [3.05, 3.63) is 28.2 Å². The summed E-state index contributed by atoms with van der Waals surface area (Å²) in [6, 6.07) is 0. The van der Waals surface area contributed by atoms with Crippen LogP contribution in [0.15, 0.2) is 11.4 Å². The molecule has 0 aromatic carbocycles. The lowest BCUT2D eigenvalue weighted by Crippen LogP contribution is -2.26. The first-order chi connectivity index (χ1) is 8.33. The first kappa shape index (κ1) is 14.1. The van der Waals surface area contributed by atoms with Gasteiger partial charge in [-0.1, -0.05) is 5.11 Å². The fourth-order valence-electron chi connectivity index (χ4n) is 1.46. The third kappa shape index (κ3) is 4.10. The van der Waals surface area contributed by atoms with Crippen LogP contribution in [0.1, 0.15) is 32.2 Å². The molecule has 0 saturated carbocycles. The number of rotatable bonds is 4. The molecule has 0 radical (unpaired) electrons. The molecule has 1 rings (SSSR count). The number of ether oxygens (including phenoxy) is 1. The van der Waals surface area contributed by atoms with E-state index in [0.29, 0.717) is 0 Å². The van der Waals surface area contributed by atoms with Gasteiger partial charge in [-0.25, -0.2) is 4.98 Å². The largest absolute Gasteiger partial charge is 0.459 e. The summed E-state index contributed by atoms with van der Waals surface area (Å²) < 4.78 is 6.86. The predicted octanol–water partition coefficient (Wildman–Crippen LogP) is 2.34. The van der Waals surface area contributed by atoms with Crippen molar-refractivity contribution >= 4 is 5.97 Å². The van der Waals surface area contributed by atoms with Gasteiger partial charge in [0.15, 0.2) is 0 Å². The first-order valence-electron chi connectivity index (χ1n) is 5.57. The van der Waals surface area contributed by atoms with Gasteiger partial charge in [0.1, 0.15) is 12.1 Å². The van der Waals surface area contributed by atoms with E-state index in [-0.39, 0.29) is 19.1 Å². The molecule has 7 heteroatoms. The quantitative estimate of drug-likeness (QED) is 0.356. The van der Waals surface area contributed by atoms with Crippen LogP contribution < -0.4 is 0 Å². The molecule has 0 aliphatic rings. The van der Waals surface area contributed by atoms with E-state index in [2.05, 4.69) is 15.0 Å². The Hall–Kier alpha value is -2.01. The van der Waals surface area contributed by atoms with Crippen LogP contribution in [0, 0.1) is 6.92 Å². The Morgan fingerprint density at radius 3 is 2.83 bits per heavy atom. The predicted molar refractivity (Wildman–Crippen MR) is 65.7 cm³/mol. The summed E-state index contributed by atoms with van der Waals surface area (Å²) >= 11 is 0. The highest BCUT2D eigenvalue weighted by atomic mass is 16.6. The van der Waals surface area contributed by atoms with E-state index >= 15 is 0 Å². The van der Waals surface area contributed by atoms with Gasteiger partial charge in [-0.05, 0) is 33.2 Å². The monoisotopic (exact) mass is 251 g/mol. The minimum absolute atomic E-state index is 0.0639. The Kier molecular flexibility index (Phi) is 4.33. The molecule has 0 bridgehead atoms. The molecule has 0 aliphatic heterocycles. The van der Waals surface area contributed by atoms with Crippen LogP contribution in [0.2, 0.25) is 0 Å². The molecule has 0 aliphatic carbocycles. The number of nitrogens with zero attached hydrogens (tertiary/aromatic N) is 5. The molecule has 1 aromatic rings. The molecule has 1 aromatic heterocycles. The molecule has 7 nitrogen and oxygen atoms in total. The Labute approximate surface area is 105 Å². The Morgan fingerprint density at radius 1 is 1.61 bits per heavy atom. The second-order valence-corrected chi connectivity index (χ2v) is 4.88. The number of aromatic nitrogens is 2. The zero-order valence-corrected chi connectivity index (χ0v) is 11.0. The minimum Gasteiger partial charge on any atom is -0.459 e. The second-order valence-electron chi connectivity index (χ2n) is 4.88. The summed E-state index contributed by atoms with van der Waals surface area (Å²) in [6.45, 7) is 7.47. The van der Waals surface area contributed by atoms with Crippen LogP contribution in [0.5, 0.6) is 0 Å². The molecule has 0 N–H and O–H groups in total. The average Bonchev–Trinajstić information content (AvgIpc) is 2.54. The summed E-state index contributed by atoms with van der Waals surface area (Å²) in [5.74, 6) is -0.345. The smallest absolute Gasteiger partial charge is 0.326 e. The highest BCUT2D eigenvalue weighted by Gasteiger charge is 2.18. The highest BCUT2D eigenvalue weighted by molar-refractivity contribution is 5.69. The van der Waals surface area contributed by atoms with Crippen LogP contribution >= 0.6 is 0 Å². The third-order valence-corrected chi connectivity index (χ3v) is 2.16. The lowest BCUT2D eigenvalue weighted by molar-refractivity contribution is -0.155. The van der Waals surface area contributed by atoms with Crippen LogP contribution in [-0.4, -0.2) is 21.1 Å². The number of imidazole rings is 1. The normalized spacial score (nSPS) is 10.9. The number of carbonyl (C=O) groups excluding carboxylic acids is 1. The molecule has 0 fully saturated rings. The molecule has 18 heavy (non-hydrogen) atoms. The number of hydrogen-bond donors (Lipinski definition) is 0. The SMILES string of the molecule is Cc1ncn(CC(=O)OC(C)(C)C)c1CN=[N+]=[N-]. The lowest BCUT2D eigenvalue weighted by atomic mass is 10.2. The maximum absolute atomic E-state index is 11.7. The van der Waals surface area contributed by atoms with Gasteiger partial charge in [-0.3, -0.25) is 4.79 Å². The molecule has 0 saturated heterocycles. The van der Waals surface area contributed by atoms with Gasteiger partial charge < -0.3 is 9.30 Å². The van der Waals surface area contributed by atoms with Crippen molar-refractivity contribution in [2.45, 2.75) is 46.4 Å². The fraction of sp³-hybridized carbons (Fsp3) is 0.636. The summed E-state index contributed by atoms with van der Waals surface area (Å²) in [5.41, 5.74) is 9.27. The van der Waals surface area contributed by atoms with Gasteiger partial charge >= 0.3 is 5.97 Å². The molecule has 98 valence electrons. The maximum atomic E-state index is 11.7. The van der Waals surface area contributed by atoms with Crippen molar-refractivity contribution in [3.63, 3.8) is 0 Å². The van der Waals surface area contributed by atoms with E-state index in [1.165, 1.54) is 0 Å². The maximum Gasteiger partial charge on any atom is 0.326 e. The van der Waals surface area contributed by atoms with Crippen molar-refractivity contribution in [2.24, 2.45) is 5.11 Å². The van der Waals surface area contributed by atoms with Crippen molar-refractivity contribution < 1.29 is 9.53 Å². The Bertz CT molecular complexity index is 480. The average molecular weight is 251 g/mol. The van der Waals surface area contributed by atoms with E-state index in [0.717, 1.165) is 11.4 Å². The van der Waals surface area contributed by atoms with E-state index in [4.69, 9.17) is 10.3 Å². The van der Waals surface area contributed by atoms with Crippen molar-refractivity contribution in [3.8, 4) is 0 Å². The zero-order valence-electron chi connectivity index (χ0n) is 11.0. The molecule has 0 unspecified atom stereocenters. The van der Waals surface area contributed by atoms with Crippen LogP contribution in [0.25, 0.3) is 10.4 Å². The number of esters is 1. The fourth-order valence-corrected chi connectivity index (χ4v) is 1.46. The van der Waals surface area contributed by atoms with E-state index in [1.807, 2.05) is 20.8 Å². The van der Waals surface area contributed by atoms with Gasteiger partial charge in [-0.2, -0.15) is 0 Å². The van der Waals surface area contributed by atoms with Gasteiger partial charge in [0, 0.05) is 10.6 Å². The molecule has 0 atom stereocenters. The zero-order chi connectivity index (χ0) is 13.8. The van der Waals surface area contributed by atoms with Crippen molar-refractivity contribution in [1.82, 2.24) is 9.55 Å². The Balaban J connectivity index is 2.78. The Morgan fingerprint density at radius 2 is 2.28 bits per heavy atom. The van der Waals surface area contributed by atoms with Gasteiger partial charge in [-0.15, -0.1) is 0 Å². The topological polar surface area (TPSA) is 92.9 Å². The summed E-state index contributed by atoms with van der Waals surface area (Å²) in [4.78, 5) is 18.5. The first-order valence-corrected chi connectivity index (χ1v) is 5.57. The van der Waals surface area contributed by atoms with Crippen molar-refractivity contribution in [1.29, 1.82) is 0 Å². The number of aryl methyl sites for hydroxylation is 1. The van der Waals surface area contributed by atoms with Gasteiger partial charge in [0.05, 0.1) is 18.6 Å².